The van der Waals surface area contributed by atoms with Gasteiger partial charge < -0.3 is 26.6 Å². The zero-order valence-electron chi connectivity index (χ0n) is 18.5. The van der Waals surface area contributed by atoms with Crippen LogP contribution in [-0.4, -0.2) is 50.0 Å². The molecule has 0 aliphatic heterocycles. The summed E-state index contributed by atoms with van der Waals surface area (Å²) in [5.74, 6) is -4.03. The van der Waals surface area contributed by atoms with Gasteiger partial charge in [-0.15, -0.1) is 0 Å². The Kier molecular flexibility index (Phi) is 8.06. The van der Waals surface area contributed by atoms with Crippen LogP contribution in [0.1, 0.15) is 39.3 Å². The van der Waals surface area contributed by atoms with Gasteiger partial charge in [-0.2, -0.15) is 0 Å². The average molecular weight is 477 g/mol. The lowest BCUT2D eigenvalue weighted by Gasteiger charge is -2.14. The molecule has 35 heavy (non-hydrogen) atoms. The Labute approximate surface area is 200 Å². The van der Waals surface area contributed by atoms with Gasteiger partial charge in [-0.1, -0.05) is 42.5 Å². The first kappa shape index (κ1) is 24.8. The van der Waals surface area contributed by atoms with Crippen LogP contribution in [0.3, 0.4) is 0 Å². The van der Waals surface area contributed by atoms with Gasteiger partial charge >= 0.3 is 11.9 Å². The molecule has 0 radical (unpaired) electrons. The normalized spacial score (nSPS) is 11.3. The SMILES string of the molecule is Nc1ncc(-c2cccc(C(=O)NCc3ccccc3)c2)nc1C(=O)N[C@@H](CCC(=O)O)C(=O)O. The van der Waals surface area contributed by atoms with E-state index in [1.807, 2.05) is 30.3 Å². The van der Waals surface area contributed by atoms with E-state index >= 15 is 0 Å². The molecule has 2 aromatic carbocycles. The van der Waals surface area contributed by atoms with Crippen LogP contribution in [0, 0.1) is 0 Å². The van der Waals surface area contributed by atoms with Gasteiger partial charge in [0.2, 0.25) is 0 Å². The molecule has 0 bridgehead atoms. The topological polar surface area (TPSA) is 185 Å². The second-order valence-corrected chi connectivity index (χ2v) is 7.53. The fourth-order valence-electron chi connectivity index (χ4n) is 3.16. The van der Waals surface area contributed by atoms with Crippen molar-refractivity contribution in [3.8, 4) is 11.3 Å². The summed E-state index contributed by atoms with van der Waals surface area (Å²) < 4.78 is 0. The van der Waals surface area contributed by atoms with Crippen LogP contribution in [0.5, 0.6) is 0 Å². The third-order valence-electron chi connectivity index (χ3n) is 4.98. The molecule has 1 aromatic heterocycles. The summed E-state index contributed by atoms with van der Waals surface area (Å²) in [6, 6.07) is 14.5. The molecule has 0 unspecified atom stereocenters. The first-order chi connectivity index (χ1) is 16.7. The summed E-state index contributed by atoms with van der Waals surface area (Å²) >= 11 is 0. The molecule has 6 N–H and O–H groups in total. The number of carboxylic acids is 2. The first-order valence-electron chi connectivity index (χ1n) is 10.5. The van der Waals surface area contributed by atoms with Gasteiger partial charge in [-0.05, 0) is 24.1 Å². The minimum atomic E-state index is -1.44. The number of carbonyl (C=O) groups is 4. The molecule has 1 heterocycles. The minimum absolute atomic E-state index is 0.231. The Morgan fingerprint density at radius 2 is 1.71 bits per heavy atom. The summed E-state index contributed by atoms with van der Waals surface area (Å²) in [7, 11) is 0. The third-order valence-corrected chi connectivity index (χ3v) is 4.98. The van der Waals surface area contributed by atoms with E-state index in [1.165, 1.54) is 6.20 Å². The number of carboxylic acid groups (broad SMARTS) is 2. The Balaban J connectivity index is 1.77. The number of rotatable bonds is 10. The van der Waals surface area contributed by atoms with E-state index in [-0.39, 0.29) is 29.5 Å². The standard InChI is InChI=1S/C24H23N5O6/c25-21-20(23(33)29-17(24(34)35)9-10-19(30)31)28-18(13-26-21)15-7-4-8-16(11-15)22(32)27-12-14-5-2-1-3-6-14/h1-8,11,13,17H,9-10,12H2,(H2,25,26)(H,27,32)(H,29,33)(H,30,31)(H,34,35)/t17-/m0/s1. The fourth-order valence-corrected chi connectivity index (χ4v) is 3.16. The van der Waals surface area contributed by atoms with Crippen molar-refractivity contribution in [3.63, 3.8) is 0 Å². The molecule has 0 aliphatic carbocycles. The molecule has 0 saturated heterocycles. The Bertz CT molecular complexity index is 1250. The average Bonchev–Trinajstić information content (AvgIpc) is 2.85. The predicted molar refractivity (Wildman–Crippen MR) is 125 cm³/mol. The van der Waals surface area contributed by atoms with Gasteiger partial charge in [0.1, 0.15) is 6.04 Å². The number of hydrogen-bond acceptors (Lipinski definition) is 7. The van der Waals surface area contributed by atoms with E-state index in [4.69, 9.17) is 10.8 Å². The van der Waals surface area contributed by atoms with Crippen molar-refractivity contribution >= 4 is 29.6 Å². The molecule has 0 fully saturated rings. The van der Waals surface area contributed by atoms with Crippen molar-refractivity contribution < 1.29 is 29.4 Å². The van der Waals surface area contributed by atoms with E-state index in [1.54, 1.807) is 24.3 Å². The minimum Gasteiger partial charge on any atom is -0.481 e. The third kappa shape index (κ3) is 6.84. The molecule has 180 valence electrons. The highest BCUT2D eigenvalue weighted by molar-refractivity contribution is 5.99. The van der Waals surface area contributed by atoms with Crippen molar-refractivity contribution in [1.29, 1.82) is 0 Å². The summed E-state index contributed by atoms with van der Waals surface area (Å²) in [5.41, 5.74) is 7.49. The number of aliphatic carboxylic acids is 2. The van der Waals surface area contributed by atoms with Crippen LogP contribution in [0.25, 0.3) is 11.3 Å². The van der Waals surface area contributed by atoms with Crippen LogP contribution in [0.2, 0.25) is 0 Å². The summed E-state index contributed by atoms with van der Waals surface area (Å²) in [5, 5.41) is 23.1. The molecule has 11 nitrogen and oxygen atoms in total. The second-order valence-electron chi connectivity index (χ2n) is 7.53. The van der Waals surface area contributed by atoms with Crippen molar-refractivity contribution in [2.45, 2.75) is 25.4 Å². The molecule has 0 aliphatic rings. The Hall–Kier alpha value is -4.80. The van der Waals surface area contributed by atoms with Gasteiger partial charge in [0.25, 0.3) is 11.8 Å². The molecule has 0 saturated carbocycles. The zero-order valence-corrected chi connectivity index (χ0v) is 18.5. The van der Waals surface area contributed by atoms with Gasteiger partial charge in [0.15, 0.2) is 11.5 Å². The highest BCUT2D eigenvalue weighted by atomic mass is 16.4. The van der Waals surface area contributed by atoms with Crippen molar-refractivity contribution in [3.05, 3.63) is 77.6 Å². The number of aromatic nitrogens is 2. The predicted octanol–water partition coefficient (Wildman–Crippen LogP) is 1.70. The molecule has 11 heteroatoms. The van der Waals surface area contributed by atoms with Crippen LogP contribution in [-0.2, 0) is 16.1 Å². The maximum absolute atomic E-state index is 12.6. The van der Waals surface area contributed by atoms with E-state index in [2.05, 4.69) is 20.6 Å². The molecular formula is C24H23N5O6. The molecular weight excluding hydrogens is 454 g/mol. The number of nitrogens with zero attached hydrogens (tertiary/aromatic N) is 2. The molecule has 2 amide bonds. The van der Waals surface area contributed by atoms with Crippen LogP contribution < -0.4 is 16.4 Å². The molecule has 3 aromatic rings. The van der Waals surface area contributed by atoms with Gasteiger partial charge in [0, 0.05) is 24.1 Å². The number of benzene rings is 2. The highest BCUT2D eigenvalue weighted by Gasteiger charge is 2.24. The molecule has 0 spiro atoms. The number of nitrogens with two attached hydrogens (primary N) is 1. The zero-order chi connectivity index (χ0) is 25.4. The van der Waals surface area contributed by atoms with E-state index < -0.39 is 30.3 Å². The van der Waals surface area contributed by atoms with Gasteiger partial charge in [-0.3, -0.25) is 14.4 Å². The fraction of sp³-hybridized carbons (Fsp3) is 0.167. The summed E-state index contributed by atoms with van der Waals surface area (Å²) in [4.78, 5) is 55.5. The van der Waals surface area contributed by atoms with Crippen molar-refractivity contribution in [2.75, 3.05) is 5.73 Å². The Morgan fingerprint density at radius 1 is 0.971 bits per heavy atom. The monoisotopic (exact) mass is 477 g/mol. The maximum atomic E-state index is 12.6. The van der Waals surface area contributed by atoms with Gasteiger partial charge in [0.05, 0.1) is 11.9 Å². The number of anilines is 1. The maximum Gasteiger partial charge on any atom is 0.326 e. The van der Waals surface area contributed by atoms with E-state index in [0.29, 0.717) is 17.7 Å². The number of carbonyl (C=O) groups excluding carboxylic acids is 2. The van der Waals surface area contributed by atoms with Crippen molar-refractivity contribution in [2.24, 2.45) is 0 Å². The lowest BCUT2D eigenvalue weighted by molar-refractivity contribution is -0.140. The molecule has 3 rings (SSSR count). The van der Waals surface area contributed by atoms with Crippen LogP contribution in [0.15, 0.2) is 60.8 Å². The lowest BCUT2D eigenvalue weighted by Crippen LogP contribution is -2.41. The number of nitrogen functional groups attached to an aromatic ring is 1. The van der Waals surface area contributed by atoms with Gasteiger partial charge in [-0.25, -0.2) is 14.8 Å². The van der Waals surface area contributed by atoms with E-state index in [0.717, 1.165) is 5.56 Å². The highest BCUT2D eigenvalue weighted by Crippen LogP contribution is 2.20. The number of amides is 2. The van der Waals surface area contributed by atoms with Crippen LogP contribution in [0.4, 0.5) is 5.82 Å². The number of hydrogen-bond donors (Lipinski definition) is 5. The van der Waals surface area contributed by atoms with Crippen molar-refractivity contribution in [1.82, 2.24) is 20.6 Å². The Morgan fingerprint density at radius 3 is 2.40 bits per heavy atom. The van der Waals surface area contributed by atoms with E-state index in [9.17, 15) is 24.3 Å². The smallest absolute Gasteiger partial charge is 0.326 e. The second kappa shape index (κ2) is 11.4. The van der Waals surface area contributed by atoms with Crippen LogP contribution >= 0.6 is 0 Å². The molecule has 1 atom stereocenters. The largest absolute Gasteiger partial charge is 0.481 e. The first-order valence-corrected chi connectivity index (χ1v) is 10.5. The number of nitrogens with one attached hydrogen (secondary N) is 2. The quantitative estimate of drug-likeness (QED) is 0.290. The summed E-state index contributed by atoms with van der Waals surface area (Å²) in [6.07, 6.45) is 0.563. The summed E-state index contributed by atoms with van der Waals surface area (Å²) in [6.45, 7) is 0.350. The lowest BCUT2D eigenvalue weighted by atomic mass is 10.1.